The fourth-order valence-corrected chi connectivity index (χ4v) is 2.25. The number of rotatable bonds is 9. The van der Waals surface area contributed by atoms with Crippen molar-refractivity contribution in [3.8, 4) is 0 Å². The van der Waals surface area contributed by atoms with Gasteiger partial charge in [0.15, 0.2) is 0 Å². The van der Waals surface area contributed by atoms with Gasteiger partial charge < -0.3 is 0 Å². The van der Waals surface area contributed by atoms with Gasteiger partial charge >= 0.3 is 0 Å². The number of hydrogen-bond acceptors (Lipinski definition) is 0. The van der Waals surface area contributed by atoms with E-state index < -0.39 is 0 Å². The summed E-state index contributed by atoms with van der Waals surface area (Å²) in [6, 6.07) is 0. The minimum atomic E-state index is 0.562. The molecule has 0 spiro atoms. The van der Waals surface area contributed by atoms with Gasteiger partial charge in [0.25, 0.3) is 0 Å². The third-order valence-electron chi connectivity index (χ3n) is 3.58. The van der Waals surface area contributed by atoms with E-state index >= 15 is 0 Å². The molecule has 0 aromatic carbocycles. The van der Waals surface area contributed by atoms with Gasteiger partial charge in [0, 0.05) is 0 Å². The van der Waals surface area contributed by atoms with Crippen molar-refractivity contribution in [1.82, 2.24) is 0 Å². The van der Waals surface area contributed by atoms with Gasteiger partial charge in [-0.1, -0.05) is 83.4 Å². The molecule has 0 saturated carbocycles. The van der Waals surface area contributed by atoms with E-state index in [-0.39, 0.29) is 0 Å². The molecule has 0 saturated heterocycles. The first-order valence-electron chi connectivity index (χ1n) is 8.01. The standard InChI is InChI=1S/C19H34/c1-7-9-11-19(15-13-17(5)10-8-2)18(6)14-12-16(3)4/h7,9,11-12,14,16-18H,8,10,13,15H2,1-6H3/b9-7-,14-12-,19-11-. The Morgan fingerprint density at radius 3 is 2.21 bits per heavy atom. The van der Waals surface area contributed by atoms with Gasteiger partial charge in [-0.2, -0.15) is 0 Å². The lowest BCUT2D eigenvalue weighted by Crippen LogP contribution is -2.01. The van der Waals surface area contributed by atoms with Crippen LogP contribution in [0.4, 0.5) is 0 Å². The normalized spacial score (nSPS) is 16.7. The third kappa shape index (κ3) is 9.76. The van der Waals surface area contributed by atoms with Crippen LogP contribution in [0.1, 0.15) is 67.2 Å². The molecule has 0 fully saturated rings. The Kier molecular flexibility index (Phi) is 10.6. The minimum absolute atomic E-state index is 0.562. The fraction of sp³-hybridized carbons (Fsp3) is 0.684. The lowest BCUT2D eigenvalue weighted by Gasteiger charge is -2.16. The highest BCUT2D eigenvalue weighted by Crippen LogP contribution is 2.23. The Morgan fingerprint density at radius 2 is 1.68 bits per heavy atom. The van der Waals surface area contributed by atoms with E-state index in [0.29, 0.717) is 11.8 Å². The molecule has 0 N–H and O–H groups in total. The van der Waals surface area contributed by atoms with Crippen molar-refractivity contribution in [2.45, 2.75) is 67.2 Å². The molecule has 0 aliphatic heterocycles. The second-order valence-electron chi connectivity index (χ2n) is 6.12. The summed E-state index contributed by atoms with van der Waals surface area (Å²) in [4.78, 5) is 0. The van der Waals surface area contributed by atoms with Crippen LogP contribution in [-0.2, 0) is 0 Å². The van der Waals surface area contributed by atoms with Gasteiger partial charge in [0.1, 0.15) is 0 Å². The van der Waals surface area contributed by atoms with Crippen LogP contribution in [0.15, 0.2) is 36.0 Å². The van der Waals surface area contributed by atoms with Crippen LogP contribution in [-0.4, -0.2) is 0 Å². The van der Waals surface area contributed by atoms with Gasteiger partial charge in [0.2, 0.25) is 0 Å². The molecule has 19 heavy (non-hydrogen) atoms. The Hall–Kier alpha value is -0.780. The quantitative estimate of drug-likeness (QED) is 0.326. The topological polar surface area (TPSA) is 0 Å². The van der Waals surface area contributed by atoms with Crippen LogP contribution in [0.25, 0.3) is 0 Å². The maximum absolute atomic E-state index is 2.38. The summed E-state index contributed by atoms with van der Waals surface area (Å²) < 4.78 is 0. The van der Waals surface area contributed by atoms with Crippen molar-refractivity contribution in [2.75, 3.05) is 0 Å². The molecule has 0 aliphatic carbocycles. The zero-order chi connectivity index (χ0) is 14.7. The summed E-state index contributed by atoms with van der Waals surface area (Å²) in [5.74, 6) is 2.05. The highest BCUT2D eigenvalue weighted by Gasteiger charge is 2.08. The monoisotopic (exact) mass is 262 g/mol. The summed E-state index contributed by atoms with van der Waals surface area (Å²) in [6.07, 6.45) is 16.5. The van der Waals surface area contributed by atoms with Gasteiger partial charge in [-0.05, 0) is 37.5 Å². The second kappa shape index (κ2) is 11.1. The Balaban J connectivity index is 4.55. The van der Waals surface area contributed by atoms with Crippen LogP contribution in [0.3, 0.4) is 0 Å². The van der Waals surface area contributed by atoms with Crippen LogP contribution in [0, 0.1) is 17.8 Å². The van der Waals surface area contributed by atoms with Gasteiger partial charge in [0.05, 0.1) is 0 Å². The molecule has 0 heteroatoms. The van der Waals surface area contributed by atoms with Crippen molar-refractivity contribution in [3.05, 3.63) is 36.0 Å². The van der Waals surface area contributed by atoms with E-state index in [9.17, 15) is 0 Å². The van der Waals surface area contributed by atoms with Crippen molar-refractivity contribution in [2.24, 2.45) is 17.8 Å². The average Bonchev–Trinajstić information content (AvgIpc) is 2.36. The van der Waals surface area contributed by atoms with Crippen molar-refractivity contribution in [3.63, 3.8) is 0 Å². The van der Waals surface area contributed by atoms with Crippen LogP contribution in [0.2, 0.25) is 0 Å². The van der Waals surface area contributed by atoms with Crippen LogP contribution in [0.5, 0.6) is 0 Å². The zero-order valence-electron chi connectivity index (χ0n) is 13.9. The molecule has 0 heterocycles. The largest absolute Gasteiger partial charge is 0.0877 e. The first-order valence-corrected chi connectivity index (χ1v) is 8.01. The average molecular weight is 262 g/mol. The molecule has 2 unspecified atom stereocenters. The lowest BCUT2D eigenvalue weighted by atomic mass is 9.90. The summed E-state index contributed by atoms with van der Waals surface area (Å²) in [5, 5.41) is 0. The highest BCUT2D eigenvalue weighted by atomic mass is 14.1. The lowest BCUT2D eigenvalue weighted by molar-refractivity contribution is 0.479. The maximum atomic E-state index is 2.38. The maximum Gasteiger partial charge on any atom is -0.00484 e. The first kappa shape index (κ1) is 18.2. The molecule has 0 radical (unpaired) electrons. The molecule has 0 aromatic rings. The first-order chi connectivity index (χ1) is 9.01. The van der Waals surface area contributed by atoms with E-state index in [1.54, 1.807) is 5.57 Å². The molecule has 2 atom stereocenters. The fourth-order valence-electron chi connectivity index (χ4n) is 2.25. The van der Waals surface area contributed by atoms with Gasteiger partial charge in [-0.25, -0.2) is 0 Å². The van der Waals surface area contributed by atoms with Gasteiger partial charge in [-0.3, -0.25) is 0 Å². The molecule has 110 valence electrons. The summed E-state index contributed by atoms with van der Waals surface area (Å²) in [5.41, 5.74) is 1.57. The predicted octanol–water partition coefficient (Wildman–Crippen LogP) is 6.55. The predicted molar refractivity (Wildman–Crippen MR) is 89.3 cm³/mol. The molecule has 0 aromatic heterocycles. The Bertz CT molecular complexity index is 291. The Labute approximate surface area is 121 Å². The van der Waals surface area contributed by atoms with E-state index in [0.717, 1.165) is 5.92 Å². The van der Waals surface area contributed by atoms with Crippen LogP contribution < -0.4 is 0 Å². The molecule has 0 bridgehead atoms. The van der Waals surface area contributed by atoms with Crippen LogP contribution >= 0.6 is 0 Å². The molecular formula is C19H34. The summed E-state index contributed by atoms with van der Waals surface area (Å²) >= 11 is 0. The smallest absolute Gasteiger partial charge is 0.00484 e. The highest BCUT2D eigenvalue weighted by molar-refractivity contribution is 5.18. The molecule has 0 amide bonds. The second-order valence-corrected chi connectivity index (χ2v) is 6.12. The van der Waals surface area contributed by atoms with E-state index in [2.05, 4.69) is 71.9 Å². The van der Waals surface area contributed by atoms with Gasteiger partial charge in [-0.15, -0.1) is 0 Å². The zero-order valence-corrected chi connectivity index (χ0v) is 13.9. The minimum Gasteiger partial charge on any atom is -0.0877 e. The molecular weight excluding hydrogens is 228 g/mol. The third-order valence-corrected chi connectivity index (χ3v) is 3.58. The van der Waals surface area contributed by atoms with Crippen molar-refractivity contribution >= 4 is 0 Å². The number of hydrogen-bond donors (Lipinski definition) is 0. The van der Waals surface area contributed by atoms with Crippen molar-refractivity contribution < 1.29 is 0 Å². The summed E-state index contributed by atoms with van der Waals surface area (Å²) in [6.45, 7) is 13.5. The Morgan fingerprint density at radius 1 is 1.00 bits per heavy atom. The van der Waals surface area contributed by atoms with Crippen molar-refractivity contribution in [1.29, 1.82) is 0 Å². The number of allylic oxidation sites excluding steroid dienone is 6. The molecule has 0 nitrogen and oxygen atoms in total. The van der Waals surface area contributed by atoms with E-state index in [4.69, 9.17) is 0 Å². The molecule has 0 rings (SSSR count). The SMILES string of the molecule is C/C=C\C=C(\CCC(C)CCC)C(C)/C=C\C(C)C. The van der Waals surface area contributed by atoms with E-state index in [1.165, 1.54) is 25.7 Å². The van der Waals surface area contributed by atoms with E-state index in [1.807, 2.05) is 0 Å². The summed E-state index contributed by atoms with van der Waals surface area (Å²) in [7, 11) is 0. The molecule has 0 aliphatic rings.